The van der Waals surface area contributed by atoms with Gasteiger partial charge in [-0.2, -0.15) is 0 Å². The molecule has 1 fully saturated rings. The van der Waals surface area contributed by atoms with Crippen molar-refractivity contribution in [3.63, 3.8) is 0 Å². The molecule has 0 aromatic heterocycles. The van der Waals surface area contributed by atoms with Gasteiger partial charge in [0, 0.05) is 14.2 Å². The van der Waals surface area contributed by atoms with Crippen LogP contribution in [0.25, 0.3) is 0 Å². The maximum atomic E-state index is 5.43. The van der Waals surface area contributed by atoms with Crippen molar-refractivity contribution in [2.45, 2.75) is 36.8 Å². The van der Waals surface area contributed by atoms with Gasteiger partial charge in [0.25, 0.3) is 0 Å². The van der Waals surface area contributed by atoms with Crippen molar-refractivity contribution in [2.75, 3.05) is 14.2 Å². The summed E-state index contributed by atoms with van der Waals surface area (Å²) >= 11 is 0. The van der Waals surface area contributed by atoms with Crippen LogP contribution in [0.5, 0.6) is 0 Å². The Hall–Kier alpha value is 0.354. The van der Waals surface area contributed by atoms with Crippen molar-refractivity contribution in [1.29, 1.82) is 0 Å². The second-order valence-electron chi connectivity index (χ2n) is 3.93. The molecule has 0 aliphatic heterocycles. The second-order valence-corrected chi connectivity index (χ2v) is 9.66. The zero-order valence-electron chi connectivity index (χ0n) is 8.27. The minimum atomic E-state index is -0.305. The lowest BCUT2D eigenvalue weighted by Crippen LogP contribution is -2.32. The number of hydrogen-bond acceptors (Lipinski definition) is 2. The van der Waals surface area contributed by atoms with Crippen LogP contribution in [0.4, 0.5) is 0 Å². The molecule has 0 atom stereocenters. The third kappa shape index (κ3) is 2.69. The first kappa shape index (κ1) is 10.4. The fraction of sp³-hybridized carbons (Fsp3) is 1.00. The molecule has 12 heavy (non-hydrogen) atoms. The van der Waals surface area contributed by atoms with Crippen LogP contribution < -0.4 is 0 Å². The highest BCUT2D eigenvalue weighted by Gasteiger charge is 2.33. The van der Waals surface area contributed by atoms with Crippen molar-refractivity contribution in [1.82, 2.24) is 0 Å². The quantitative estimate of drug-likeness (QED) is 0.622. The number of hydrogen-bond donors (Lipinski definition) is 0. The lowest BCUT2D eigenvalue weighted by Gasteiger charge is -2.34. The zero-order chi connectivity index (χ0) is 8.86. The van der Waals surface area contributed by atoms with Gasteiger partial charge in [-0.3, -0.25) is 0 Å². The lowest BCUT2D eigenvalue weighted by molar-refractivity contribution is 0.346. The van der Waals surface area contributed by atoms with E-state index in [1.807, 2.05) is 14.2 Å². The van der Waals surface area contributed by atoms with E-state index in [9.17, 15) is 0 Å². The maximum absolute atomic E-state index is 5.43. The molecule has 0 amide bonds. The van der Waals surface area contributed by atoms with E-state index in [-0.39, 0.29) is 19.5 Å². The highest BCUT2D eigenvalue weighted by atomic mass is 28.3. The van der Waals surface area contributed by atoms with Gasteiger partial charge in [0.15, 0.2) is 19.5 Å². The van der Waals surface area contributed by atoms with Crippen LogP contribution in [0.3, 0.4) is 0 Å². The van der Waals surface area contributed by atoms with Crippen LogP contribution in [0.15, 0.2) is 0 Å². The van der Waals surface area contributed by atoms with Gasteiger partial charge in [0.05, 0.1) is 0 Å². The third-order valence-corrected chi connectivity index (χ3v) is 7.26. The van der Waals surface area contributed by atoms with Crippen LogP contribution in [0.2, 0.25) is 4.66 Å². The van der Waals surface area contributed by atoms with E-state index in [1.165, 1.54) is 32.1 Å². The van der Waals surface area contributed by atoms with Crippen LogP contribution in [-0.2, 0) is 8.85 Å². The summed E-state index contributed by atoms with van der Waals surface area (Å²) in [5.74, 6) is 0. The van der Waals surface area contributed by atoms with Crippen LogP contribution in [0, 0.1) is 0 Å². The fourth-order valence-electron chi connectivity index (χ4n) is 2.24. The molecule has 0 spiro atoms. The first-order valence-electron chi connectivity index (χ1n) is 4.81. The molecule has 0 saturated heterocycles. The SMILES string of the molecule is CO[SiH2]C1([SiH2]OC)CCCCC1. The van der Waals surface area contributed by atoms with Gasteiger partial charge < -0.3 is 8.85 Å². The zero-order valence-corrected chi connectivity index (χ0v) is 11.1. The van der Waals surface area contributed by atoms with Crippen molar-refractivity contribution < 1.29 is 8.85 Å². The van der Waals surface area contributed by atoms with Gasteiger partial charge in [-0.05, 0) is 17.5 Å². The normalized spacial score (nSPS) is 24.5. The van der Waals surface area contributed by atoms with Gasteiger partial charge in [-0.25, -0.2) is 0 Å². The van der Waals surface area contributed by atoms with E-state index in [0.717, 1.165) is 0 Å². The first-order valence-corrected chi connectivity index (χ1v) is 7.38. The standard InChI is InChI=1S/C8H20O2Si2/c1-9-11-8(12-10-2)6-4-3-5-7-8/h3-7,11-12H2,1-2H3. The molecule has 0 heterocycles. The summed E-state index contributed by atoms with van der Waals surface area (Å²) in [5.41, 5.74) is 0. The Morgan fingerprint density at radius 3 is 1.83 bits per heavy atom. The van der Waals surface area contributed by atoms with E-state index in [4.69, 9.17) is 8.85 Å². The topological polar surface area (TPSA) is 18.5 Å². The van der Waals surface area contributed by atoms with Crippen LogP contribution >= 0.6 is 0 Å². The minimum Gasteiger partial charge on any atom is -0.427 e. The van der Waals surface area contributed by atoms with E-state index in [2.05, 4.69) is 0 Å². The van der Waals surface area contributed by atoms with E-state index >= 15 is 0 Å². The molecule has 0 radical (unpaired) electrons. The average Bonchev–Trinajstić information content (AvgIpc) is 2.07. The van der Waals surface area contributed by atoms with Crippen molar-refractivity contribution >= 4 is 19.5 Å². The summed E-state index contributed by atoms with van der Waals surface area (Å²) in [5, 5.41) is 0. The molecular formula is C8H20O2Si2. The van der Waals surface area contributed by atoms with Crippen LogP contribution in [-0.4, -0.2) is 33.7 Å². The summed E-state index contributed by atoms with van der Waals surface area (Å²) < 4.78 is 11.5. The molecule has 72 valence electrons. The largest absolute Gasteiger partial charge is 0.427 e. The monoisotopic (exact) mass is 204 g/mol. The smallest absolute Gasteiger partial charge is 0.166 e. The summed E-state index contributed by atoms with van der Waals surface area (Å²) in [4.78, 5) is 0. The van der Waals surface area contributed by atoms with Gasteiger partial charge in [0.2, 0.25) is 0 Å². The minimum absolute atomic E-state index is 0.305. The van der Waals surface area contributed by atoms with E-state index in [1.54, 1.807) is 0 Å². The maximum Gasteiger partial charge on any atom is 0.166 e. The van der Waals surface area contributed by atoms with Crippen molar-refractivity contribution in [3.8, 4) is 0 Å². The Labute approximate surface area is 79.9 Å². The molecule has 0 N–H and O–H groups in total. The van der Waals surface area contributed by atoms with Gasteiger partial charge in [-0.1, -0.05) is 19.3 Å². The van der Waals surface area contributed by atoms with Gasteiger partial charge >= 0.3 is 0 Å². The highest BCUT2D eigenvalue weighted by Crippen LogP contribution is 2.40. The Morgan fingerprint density at radius 2 is 1.42 bits per heavy atom. The molecular weight excluding hydrogens is 184 g/mol. The molecule has 1 rings (SSSR count). The van der Waals surface area contributed by atoms with Crippen LogP contribution in [0.1, 0.15) is 32.1 Å². The average molecular weight is 204 g/mol. The molecule has 0 aromatic carbocycles. The predicted molar refractivity (Wildman–Crippen MR) is 56.9 cm³/mol. The summed E-state index contributed by atoms with van der Waals surface area (Å²) in [6.07, 6.45) is 7.04. The van der Waals surface area contributed by atoms with E-state index in [0.29, 0.717) is 4.66 Å². The molecule has 0 unspecified atom stereocenters. The summed E-state index contributed by atoms with van der Waals surface area (Å²) in [6, 6.07) is 0. The van der Waals surface area contributed by atoms with E-state index < -0.39 is 0 Å². The molecule has 0 bridgehead atoms. The predicted octanol–water partition coefficient (Wildman–Crippen LogP) is 0.527. The van der Waals surface area contributed by atoms with Crippen molar-refractivity contribution in [2.24, 2.45) is 0 Å². The Kier molecular flexibility index (Phi) is 4.49. The molecule has 1 saturated carbocycles. The van der Waals surface area contributed by atoms with Gasteiger partial charge in [0.1, 0.15) is 0 Å². The second kappa shape index (κ2) is 5.16. The molecule has 2 nitrogen and oxygen atoms in total. The first-order chi connectivity index (χ1) is 5.83. The highest BCUT2D eigenvalue weighted by molar-refractivity contribution is 6.55. The lowest BCUT2D eigenvalue weighted by atomic mass is 9.99. The number of rotatable bonds is 4. The fourth-order valence-corrected chi connectivity index (χ4v) is 6.60. The Balaban J connectivity index is 2.44. The molecule has 4 heteroatoms. The summed E-state index contributed by atoms with van der Waals surface area (Å²) in [7, 11) is 3.13. The Bertz CT molecular complexity index is 109. The summed E-state index contributed by atoms with van der Waals surface area (Å²) in [6.45, 7) is 0. The molecule has 1 aliphatic rings. The Morgan fingerprint density at radius 1 is 0.917 bits per heavy atom. The van der Waals surface area contributed by atoms with Gasteiger partial charge in [-0.15, -0.1) is 0 Å². The van der Waals surface area contributed by atoms with Crippen molar-refractivity contribution in [3.05, 3.63) is 0 Å². The molecule has 0 aromatic rings. The third-order valence-electron chi connectivity index (χ3n) is 2.82. The molecule has 1 aliphatic carbocycles.